The van der Waals surface area contributed by atoms with Gasteiger partial charge in [0, 0.05) is 39.3 Å². The molecule has 5 N–H and O–H groups in total. The van der Waals surface area contributed by atoms with E-state index < -0.39 is 6.61 Å². The number of carbonyl (C=O) groups is 3. The maximum Gasteiger partial charge on any atom is 0.317 e. The summed E-state index contributed by atoms with van der Waals surface area (Å²) in [5.74, 6) is -0.484. The van der Waals surface area contributed by atoms with Gasteiger partial charge in [-0.05, 0) is 11.1 Å². The van der Waals surface area contributed by atoms with Crippen molar-refractivity contribution in [2.75, 3.05) is 45.9 Å². The van der Waals surface area contributed by atoms with Crippen molar-refractivity contribution < 1.29 is 19.5 Å². The maximum atomic E-state index is 12.3. The molecule has 0 bridgehead atoms. The molecule has 1 fully saturated rings. The van der Waals surface area contributed by atoms with Gasteiger partial charge in [-0.2, -0.15) is 0 Å². The number of urea groups is 1. The summed E-state index contributed by atoms with van der Waals surface area (Å²) in [6.45, 7) is 2.22. The Hall–Kier alpha value is -2.49. The highest BCUT2D eigenvalue weighted by Crippen LogP contribution is 2.05. The Morgan fingerprint density at radius 2 is 1.56 bits per heavy atom. The molecule has 9 heteroatoms. The van der Waals surface area contributed by atoms with Crippen LogP contribution in [0.25, 0.3) is 0 Å². The lowest BCUT2D eigenvalue weighted by atomic mass is 10.1. The molecule has 0 aromatic heterocycles. The predicted octanol–water partition coefficient (Wildman–Crippen LogP) is -1.35. The summed E-state index contributed by atoms with van der Waals surface area (Å²) < 4.78 is 0. The Morgan fingerprint density at radius 3 is 2.15 bits per heavy atom. The van der Waals surface area contributed by atoms with Crippen molar-refractivity contribution in [3.05, 3.63) is 35.4 Å². The van der Waals surface area contributed by atoms with Crippen LogP contribution in [-0.4, -0.2) is 78.5 Å². The van der Waals surface area contributed by atoms with Crippen LogP contribution in [0.3, 0.4) is 0 Å². The number of aliphatic hydroxyl groups is 1. The lowest BCUT2D eigenvalue weighted by Gasteiger charge is -2.34. The molecule has 0 saturated carbocycles. The van der Waals surface area contributed by atoms with Crippen molar-refractivity contribution in [1.29, 1.82) is 0 Å². The minimum atomic E-state index is -0.536. The van der Waals surface area contributed by atoms with Crippen molar-refractivity contribution in [3.8, 4) is 0 Å². The van der Waals surface area contributed by atoms with Crippen LogP contribution in [0.15, 0.2) is 24.3 Å². The fraction of sp³-hybridized carbons (Fsp3) is 0.500. The van der Waals surface area contributed by atoms with Crippen LogP contribution in [0.5, 0.6) is 0 Å². The Morgan fingerprint density at radius 1 is 0.963 bits per heavy atom. The number of carbonyl (C=O) groups excluding carboxylic acids is 3. The molecule has 1 aromatic rings. The first-order valence-corrected chi connectivity index (χ1v) is 8.95. The molecule has 0 aliphatic carbocycles. The molecule has 2 rings (SSSR count). The van der Waals surface area contributed by atoms with Gasteiger partial charge < -0.3 is 31.3 Å². The van der Waals surface area contributed by atoms with Crippen LogP contribution in [0, 0.1) is 0 Å². The van der Waals surface area contributed by atoms with E-state index in [0.717, 1.165) is 11.1 Å². The van der Waals surface area contributed by atoms with E-state index in [1.807, 2.05) is 24.3 Å². The molecule has 1 heterocycles. The Labute approximate surface area is 158 Å². The summed E-state index contributed by atoms with van der Waals surface area (Å²) in [4.78, 5) is 38.7. The number of amides is 3. The fourth-order valence-corrected chi connectivity index (χ4v) is 2.72. The van der Waals surface area contributed by atoms with Crippen LogP contribution in [-0.2, 0) is 22.7 Å². The summed E-state index contributed by atoms with van der Waals surface area (Å²) in [7, 11) is 0. The average Bonchev–Trinajstić information content (AvgIpc) is 2.72. The van der Waals surface area contributed by atoms with Crippen molar-refractivity contribution >= 4 is 17.7 Å². The van der Waals surface area contributed by atoms with Crippen molar-refractivity contribution in [2.45, 2.75) is 13.1 Å². The molecule has 27 heavy (non-hydrogen) atoms. The molecule has 9 nitrogen and oxygen atoms in total. The van der Waals surface area contributed by atoms with E-state index in [2.05, 4.69) is 10.6 Å². The Balaban J connectivity index is 1.68. The van der Waals surface area contributed by atoms with E-state index in [1.165, 1.54) is 0 Å². The zero-order valence-electron chi connectivity index (χ0n) is 15.3. The summed E-state index contributed by atoms with van der Waals surface area (Å²) in [5.41, 5.74) is 7.61. The van der Waals surface area contributed by atoms with Gasteiger partial charge in [-0.25, -0.2) is 4.79 Å². The van der Waals surface area contributed by atoms with Gasteiger partial charge in [0.15, 0.2) is 5.78 Å². The summed E-state index contributed by atoms with van der Waals surface area (Å²) in [6.07, 6.45) is 0. The first-order chi connectivity index (χ1) is 13.0. The molecule has 1 aliphatic rings. The van der Waals surface area contributed by atoms with Crippen LogP contribution in [0.2, 0.25) is 0 Å². The number of hydrogen-bond donors (Lipinski definition) is 4. The fourth-order valence-electron chi connectivity index (χ4n) is 2.72. The standard InChI is InChI=1S/C18H27N5O4/c19-9-14-1-3-15(4-2-14)10-21-18(27)23-7-5-22(6-8-23)17(26)12-20-11-16(25)13-24/h1-4,20,24H,5-13,19H2,(H,21,27). The van der Waals surface area contributed by atoms with Gasteiger partial charge in [0.1, 0.15) is 6.61 Å². The molecule has 0 unspecified atom stereocenters. The number of nitrogens with two attached hydrogens (primary N) is 1. The number of ketones is 1. The van der Waals surface area contributed by atoms with Gasteiger partial charge in [0.25, 0.3) is 0 Å². The van der Waals surface area contributed by atoms with E-state index in [0.29, 0.717) is 39.3 Å². The number of rotatable bonds is 8. The third-order valence-electron chi connectivity index (χ3n) is 4.40. The topological polar surface area (TPSA) is 128 Å². The van der Waals surface area contributed by atoms with Gasteiger partial charge in [-0.3, -0.25) is 9.59 Å². The SMILES string of the molecule is NCc1ccc(CNC(=O)N2CCN(C(=O)CNCC(=O)CO)CC2)cc1. The molecule has 1 aliphatic heterocycles. The highest BCUT2D eigenvalue weighted by molar-refractivity contribution is 5.83. The summed E-state index contributed by atoms with van der Waals surface area (Å²) >= 11 is 0. The third kappa shape index (κ3) is 6.63. The van der Waals surface area contributed by atoms with E-state index in [-0.39, 0.29) is 30.8 Å². The number of nitrogens with zero attached hydrogens (tertiary/aromatic N) is 2. The molecular formula is C18H27N5O4. The first kappa shape index (κ1) is 20.8. The summed E-state index contributed by atoms with van der Waals surface area (Å²) in [6, 6.07) is 7.60. The minimum Gasteiger partial charge on any atom is -0.389 e. The van der Waals surface area contributed by atoms with Gasteiger partial charge in [-0.15, -0.1) is 0 Å². The largest absolute Gasteiger partial charge is 0.389 e. The van der Waals surface area contributed by atoms with Gasteiger partial charge in [0.05, 0.1) is 13.1 Å². The molecule has 3 amide bonds. The highest BCUT2D eigenvalue weighted by Gasteiger charge is 2.23. The number of Topliss-reactive ketones (excluding diaryl/α,β-unsaturated/α-hetero) is 1. The van der Waals surface area contributed by atoms with E-state index in [9.17, 15) is 14.4 Å². The van der Waals surface area contributed by atoms with Crippen LogP contribution < -0.4 is 16.4 Å². The second-order valence-electron chi connectivity index (χ2n) is 6.35. The lowest BCUT2D eigenvalue weighted by molar-refractivity contribution is -0.131. The van der Waals surface area contributed by atoms with Crippen LogP contribution in [0.1, 0.15) is 11.1 Å². The molecular weight excluding hydrogens is 350 g/mol. The number of piperazine rings is 1. The molecule has 1 aromatic carbocycles. The van der Waals surface area contributed by atoms with Crippen LogP contribution in [0.4, 0.5) is 4.79 Å². The number of nitrogens with one attached hydrogen (secondary N) is 2. The normalized spacial score (nSPS) is 14.1. The van der Waals surface area contributed by atoms with Crippen molar-refractivity contribution in [1.82, 2.24) is 20.4 Å². The number of hydrogen-bond acceptors (Lipinski definition) is 6. The van der Waals surface area contributed by atoms with Gasteiger partial charge in [-0.1, -0.05) is 24.3 Å². The quantitative estimate of drug-likeness (QED) is 0.444. The van der Waals surface area contributed by atoms with E-state index in [1.54, 1.807) is 9.80 Å². The maximum absolute atomic E-state index is 12.3. The monoisotopic (exact) mass is 377 g/mol. The second-order valence-corrected chi connectivity index (χ2v) is 6.35. The average molecular weight is 377 g/mol. The van der Waals surface area contributed by atoms with Crippen molar-refractivity contribution in [3.63, 3.8) is 0 Å². The molecule has 0 radical (unpaired) electrons. The van der Waals surface area contributed by atoms with Crippen molar-refractivity contribution in [2.24, 2.45) is 5.73 Å². The first-order valence-electron chi connectivity index (χ1n) is 8.95. The lowest BCUT2D eigenvalue weighted by Crippen LogP contribution is -2.54. The number of aliphatic hydroxyl groups excluding tert-OH is 1. The Bertz CT molecular complexity index is 642. The van der Waals surface area contributed by atoms with E-state index >= 15 is 0 Å². The third-order valence-corrected chi connectivity index (χ3v) is 4.40. The summed E-state index contributed by atoms with van der Waals surface area (Å²) in [5, 5.41) is 14.2. The molecule has 0 atom stereocenters. The number of benzene rings is 1. The van der Waals surface area contributed by atoms with Gasteiger partial charge in [0.2, 0.25) is 5.91 Å². The second kappa shape index (κ2) is 10.6. The molecule has 0 spiro atoms. The zero-order chi connectivity index (χ0) is 19.6. The molecule has 148 valence electrons. The smallest absolute Gasteiger partial charge is 0.317 e. The van der Waals surface area contributed by atoms with Gasteiger partial charge >= 0.3 is 6.03 Å². The zero-order valence-corrected chi connectivity index (χ0v) is 15.3. The predicted molar refractivity (Wildman–Crippen MR) is 99.7 cm³/mol. The Kier molecular flexibility index (Phi) is 8.18. The van der Waals surface area contributed by atoms with E-state index in [4.69, 9.17) is 10.8 Å². The highest BCUT2D eigenvalue weighted by atomic mass is 16.3. The van der Waals surface area contributed by atoms with Crippen LogP contribution >= 0.6 is 0 Å². The minimum absolute atomic E-state index is 0.0309. The molecule has 1 saturated heterocycles.